The van der Waals surface area contributed by atoms with Crippen molar-refractivity contribution in [3.8, 4) is 0 Å². The van der Waals surface area contributed by atoms with Gasteiger partial charge in [-0.25, -0.2) is 17.6 Å². The first kappa shape index (κ1) is 21.1. The summed E-state index contributed by atoms with van der Waals surface area (Å²) in [6.45, 7) is -0.997. The lowest BCUT2D eigenvalue weighted by Crippen LogP contribution is -2.31. The van der Waals surface area contributed by atoms with Gasteiger partial charge in [0.1, 0.15) is 17.9 Å². The molecule has 160 valence electrons. The van der Waals surface area contributed by atoms with Crippen molar-refractivity contribution in [2.45, 2.75) is 51.4 Å². The van der Waals surface area contributed by atoms with E-state index in [0.717, 1.165) is 4.68 Å². The Morgan fingerprint density at radius 3 is 2.45 bits per heavy atom. The van der Waals surface area contributed by atoms with Crippen LogP contribution < -0.4 is 5.32 Å². The van der Waals surface area contributed by atoms with Crippen LogP contribution in [0.2, 0.25) is 0 Å². The van der Waals surface area contributed by atoms with E-state index in [9.17, 15) is 35.5 Å². The lowest BCUT2D eigenvalue weighted by atomic mass is 10.2. The minimum atomic E-state index is -4.62. The summed E-state index contributed by atoms with van der Waals surface area (Å²) in [5, 5.41) is 9.23. The summed E-state index contributed by atoms with van der Waals surface area (Å²) in [5.74, 6) is -0.684. The number of nitrogens with one attached hydrogen (secondary N) is 1. The molecule has 2 aromatic heterocycles. The molecule has 0 spiro atoms. The molecule has 0 aliphatic heterocycles. The van der Waals surface area contributed by atoms with Crippen LogP contribution in [0.1, 0.15) is 47.6 Å². The minimum absolute atomic E-state index is 0.0861. The van der Waals surface area contributed by atoms with Crippen LogP contribution in [0.15, 0.2) is 6.07 Å². The summed E-state index contributed by atoms with van der Waals surface area (Å²) < 4.78 is 91.9. The van der Waals surface area contributed by atoms with Gasteiger partial charge in [0.15, 0.2) is 5.69 Å². The lowest BCUT2D eigenvalue weighted by molar-refractivity contribution is -0.142. The van der Waals surface area contributed by atoms with Gasteiger partial charge in [-0.05, 0) is 25.3 Å². The molecule has 1 aliphatic rings. The molecular formula is C16H16F7N5O. The van der Waals surface area contributed by atoms with Gasteiger partial charge >= 0.3 is 6.18 Å². The molecule has 29 heavy (non-hydrogen) atoms. The standard InChI is InChI=1S/C16H16F7N5O/c17-14(18)9-6-11(15(19)20)27(25-9)5-4-24-12(29)7-28-10-3-1-2-8(10)13(26-28)16(21,22)23/h6,14-15H,1-5,7H2,(H,24,29). The van der Waals surface area contributed by atoms with Crippen molar-refractivity contribution in [3.05, 3.63) is 34.4 Å². The van der Waals surface area contributed by atoms with Crippen LogP contribution in [0, 0.1) is 0 Å². The zero-order valence-corrected chi connectivity index (χ0v) is 14.8. The number of amides is 1. The van der Waals surface area contributed by atoms with Crippen molar-refractivity contribution in [2.75, 3.05) is 6.54 Å². The van der Waals surface area contributed by atoms with Crippen molar-refractivity contribution >= 4 is 5.91 Å². The lowest BCUT2D eigenvalue weighted by Gasteiger charge is -2.09. The van der Waals surface area contributed by atoms with Gasteiger partial charge in [-0.3, -0.25) is 14.2 Å². The molecule has 0 aromatic carbocycles. The highest BCUT2D eigenvalue weighted by Gasteiger charge is 2.40. The Hall–Kier alpha value is -2.60. The molecule has 13 heteroatoms. The van der Waals surface area contributed by atoms with Gasteiger partial charge in [0.25, 0.3) is 12.9 Å². The maximum absolute atomic E-state index is 13.0. The Morgan fingerprint density at radius 2 is 1.83 bits per heavy atom. The quantitative estimate of drug-likeness (QED) is 0.690. The van der Waals surface area contributed by atoms with Gasteiger partial charge in [0.05, 0.1) is 6.54 Å². The summed E-state index contributed by atoms with van der Waals surface area (Å²) in [6.07, 6.45) is -9.54. The predicted octanol–water partition coefficient (Wildman–Crippen LogP) is 3.28. The fourth-order valence-electron chi connectivity index (χ4n) is 3.27. The molecule has 0 unspecified atom stereocenters. The minimum Gasteiger partial charge on any atom is -0.353 e. The van der Waals surface area contributed by atoms with Gasteiger partial charge in [0.2, 0.25) is 5.91 Å². The first-order valence-corrected chi connectivity index (χ1v) is 8.64. The van der Waals surface area contributed by atoms with Crippen molar-refractivity contribution in [2.24, 2.45) is 0 Å². The smallest absolute Gasteiger partial charge is 0.353 e. The molecule has 0 radical (unpaired) electrons. The van der Waals surface area contributed by atoms with Gasteiger partial charge in [-0.15, -0.1) is 0 Å². The van der Waals surface area contributed by atoms with Gasteiger partial charge < -0.3 is 5.32 Å². The monoisotopic (exact) mass is 427 g/mol. The van der Waals surface area contributed by atoms with Crippen LogP contribution in [0.25, 0.3) is 0 Å². The molecule has 0 saturated carbocycles. The van der Waals surface area contributed by atoms with Crippen LogP contribution in [0.5, 0.6) is 0 Å². The van der Waals surface area contributed by atoms with E-state index in [1.807, 2.05) is 0 Å². The number of nitrogens with zero attached hydrogens (tertiary/aromatic N) is 4. The van der Waals surface area contributed by atoms with Crippen molar-refractivity contribution in [1.82, 2.24) is 24.9 Å². The number of hydrogen-bond acceptors (Lipinski definition) is 3. The second-order valence-electron chi connectivity index (χ2n) is 6.45. The summed E-state index contributed by atoms with van der Waals surface area (Å²) in [6, 6.07) is 0.586. The SMILES string of the molecule is O=C(Cn1nc(C(F)(F)F)c2c1CCC2)NCCn1nc(C(F)F)cc1C(F)F. The second kappa shape index (κ2) is 8.03. The first-order chi connectivity index (χ1) is 13.6. The largest absolute Gasteiger partial charge is 0.435 e. The third-order valence-corrected chi connectivity index (χ3v) is 4.49. The average Bonchev–Trinajstić information content (AvgIpc) is 3.29. The van der Waals surface area contributed by atoms with Crippen molar-refractivity contribution in [1.29, 1.82) is 0 Å². The van der Waals surface area contributed by atoms with Crippen LogP contribution in [-0.4, -0.2) is 32.0 Å². The van der Waals surface area contributed by atoms with Crippen LogP contribution in [0.4, 0.5) is 30.7 Å². The molecule has 2 aromatic rings. The summed E-state index contributed by atoms with van der Waals surface area (Å²) in [5.41, 5.74) is -2.09. The molecule has 1 N–H and O–H groups in total. The van der Waals surface area contributed by atoms with Crippen molar-refractivity contribution < 1.29 is 35.5 Å². The number of rotatable bonds is 7. The molecule has 0 atom stereocenters. The number of halogens is 7. The van der Waals surface area contributed by atoms with Gasteiger partial charge in [-0.2, -0.15) is 23.4 Å². The van der Waals surface area contributed by atoms with E-state index in [1.54, 1.807) is 0 Å². The zero-order valence-electron chi connectivity index (χ0n) is 14.8. The topological polar surface area (TPSA) is 64.7 Å². The Labute approximate surface area is 159 Å². The van der Waals surface area contributed by atoms with E-state index in [1.165, 1.54) is 0 Å². The van der Waals surface area contributed by atoms with E-state index < -0.39 is 48.6 Å². The number of aromatic nitrogens is 4. The van der Waals surface area contributed by atoms with Crippen molar-refractivity contribution in [3.63, 3.8) is 0 Å². The third kappa shape index (κ3) is 4.53. The molecule has 6 nitrogen and oxygen atoms in total. The number of alkyl halides is 7. The Kier molecular flexibility index (Phi) is 5.85. The second-order valence-corrected chi connectivity index (χ2v) is 6.45. The highest BCUT2D eigenvalue weighted by molar-refractivity contribution is 5.75. The summed E-state index contributed by atoms with van der Waals surface area (Å²) >= 11 is 0. The maximum atomic E-state index is 13.0. The molecular weight excluding hydrogens is 411 g/mol. The maximum Gasteiger partial charge on any atom is 0.435 e. The van der Waals surface area contributed by atoms with Crippen LogP contribution in [-0.2, 0) is 36.9 Å². The molecule has 0 bridgehead atoms. The number of carbonyl (C=O) groups excluding carboxylic acids is 1. The number of fused-ring (bicyclic) bond motifs is 1. The van der Waals surface area contributed by atoms with E-state index >= 15 is 0 Å². The highest BCUT2D eigenvalue weighted by atomic mass is 19.4. The Morgan fingerprint density at radius 1 is 1.10 bits per heavy atom. The molecule has 1 aliphatic carbocycles. The number of carbonyl (C=O) groups is 1. The van der Waals surface area contributed by atoms with E-state index in [0.29, 0.717) is 29.3 Å². The summed E-state index contributed by atoms with van der Waals surface area (Å²) in [4.78, 5) is 12.0. The Bertz CT molecular complexity index is 887. The third-order valence-electron chi connectivity index (χ3n) is 4.49. The fourth-order valence-corrected chi connectivity index (χ4v) is 3.27. The Balaban J connectivity index is 1.62. The average molecular weight is 427 g/mol. The molecule has 0 fully saturated rings. The van der Waals surface area contributed by atoms with Gasteiger partial charge in [0, 0.05) is 17.8 Å². The predicted molar refractivity (Wildman–Crippen MR) is 84.4 cm³/mol. The summed E-state index contributed by atoms with van der Waals surface area (Å²) in [7, 11) is 0. The molecule has 2 heterocycles. The number of hydrogen-bond donors (Lipinski definition) is 1. The molecule has 3 rings (SSSR count). The normalized spacial score (nSPS) is 14.1. The fraction of sp³-hybridized carbons (Fsp3) is 0.562. The van der Waals surface area contributed by atoms with Gasteiger partial charge in [-0.1, -0.05) is 0 Å². The van der Waals surface area contributed by atoms with Crippen LogP contribution >= 0.6 is 0 Å². The first-order valence-electron chi connectivity index (χ1n) is 8.64. The highest BCUT2D eigenvalue weighted by Crippen LogP contribution is 2.36. The zero-order chi connectivity index (χ0) is 21.3. The van der Waals surface area contributed by atoms with Crippen LogP contribution in [0.3, 0.4) is 0 Å². The molecule has 0 saturated heterocycles. The van der Waals surface area contributed by atoms with E-state index in [4.69, 9.17) is 0 Å². The van der Waals surface area contributed by atoms with E-state index in [2.05, 4.69) is 15.5 Å². The molecule has 1 amide bonds. The van der Waals surface area contributed by atoms with E-state index in [-0.39, 0.29) is 25.1 Å².